The van der Waals surface area contributed by atoms with Crippen LogP contribution < -0.4 is 0 Å². The zero-order chi connectivity index (χ0) is 14.5. The van der Waals surface area contributed by atoms with Crippen LogP contribution in [0.4, 0.5) is 4.39 Å². The summed E-state index contributed by atoms with van der Waals surface area (Å²) in [6, 6.07) is 8.34. The van der Waals surface area contributed by atoms with Crippen molar-refractivity contribution in [2.24, 2.45) is 0 Å². The van der Waals surface area contributed by atoms with Gasteiger partial charge in [0.15, 0.2) is 0 Å². The molecule has 0 fully saturated rings. The average molecular weight is 267 g/mol. The molecule has 2 aromatic rings. The van der Waals surface area contributed by atoms with Crippen LogP contribution in [0.2, 0.25) is 0 Å². The van der Waals surface area contributed by atoms with Crippen molar-refractivity contribution in [2.75, 3.05) is 0 Å². The molecule has 2 heteroatoms. The molecule has 2 rings (SSSR count). The maximum Gasteiger partial charge on any atom is 0.144 e. The van der Waals surface area contributed by atoms with Gasteiger partial charge in [-0.2, -0.15) is 0 Å². The number of aromatic nitrogens is 1. The molecule has 0 spiro atoms. The van der Waals surface area contributed by atoms with E-state index in [2.05, 4.69) is 42.8 Å². The van der Waals surface area contributed by atoms with Crippen LogP contribution in [0.5, 0.6) is 0 Å². The number of halogens is 1. The third-order valence-corrected chi connectivity index (χ3v) is 3.33. The second-order valence-electron chi connectivity index (χ2n) is 4.88. The van der Waals surface area contributed by atoms with Crippen LogP contribution in [-0.2, 0) is 6.42 Å². The molecule has 1 heterocycles. The zero-order valence-corrected chi connectivity index (χ0v) is 11.9. The van der Waals surface area contributed by atoms with Crippen molar-refractivity contribution >= 4 is 5.57 Å². The van der Waals surface area contributed by atoms with Gasteiger partial charge in [0.05, 0.1) is 6.20 Å². The van der Waals surface area contributed by atoms with Crippen LogP contribution >= 0.6 is 0 Å². The van der Waals surface area contributed by atoms with Crippen molar-refractivity contribution < 1.29 is 4.39 Å². The van der Waals surface area contributed by atoms with E-state index in [-0.39, 0.29) is 5.82 Å². The fourth-order valence-electron chi connectivity index (χ4n) is 2.14. The van der Waals surface area contributed by atoms with Crippen molar-refractivity contribution in [2.45, 2.75) is 20.3 Å². The molecule has 0 aliphatic rings. The Balaban J connectivity index is 2.37. The quantitative estimate of drug-likeness (QED) is 0.735. The summed E-state index contributed by atoms with van der Waals surface area (Å²) >= 11 is 0. The van der Waals surface area contributed by atoms with E-state index in [4.69, 9.17) is 0 Å². The summed E-state index contributed by atoms with van der Waals surface area (Å²) in [6.45, 7) is 7.58. The monoisotopic (exact) mass is 267 g/mol. The maximum atomic E-state index is 13.7. The molecule has 0 N–H and O–H groups in total. The molecule has 20 heavy (non-hydrogen) atoms. The molecular formula is C18H18FN. The van der Waals surface area contributed by atoms with Gasteiger partial charge in [0.25, 0.3) is 0 Å². The first kappa shape index (κ1) is 14.2. The van der Waals surface area contributed by atoms with Crippen molar-refractivity contribution in [3.63, 3.8) is 0 Å². The number of nitrogens with zero attached hydrogens (tertiary/aromatic N) is 1. The number of benzene rings is 1. The lowest BCUT2D eigenvalue weighted by atomic mass is 9.95. The topological polar surface area (TPSA) is 12.9 Å². The molecule has 1 nitrogen and oxygen atoms in total. The lowest BCUT2D eigenvalue weighted by molar-refractivity contribution is 0.611. The highest BCUT2D eigenvalue weighted by Crippen LogP contribution is 2.24. The van der Waals surface area contributed by atoms with Crippen molar-refractivity contribution in [1.29, 1.82) is 0 Å². The summed E-state index contributed by atoms with van der Waals surface area (Å²) < 4.78 is 13.7. The molecule has 0 bridgehead atoms. The van der Waals surface area contributed by atoms with Gasteiger partial charge in [-0.3, -0.25) is 4.98 Å². The van der Waals surface area contributed by atoms with Gasteiger partial charge in [-0.15, -0.1) is 0 Å². The first-order valence-corrected chi connectivity index (χ1v) is 6.59. The number of hydrogen-bond donors (Lipinski definition) is 0. The van der Waals surface area contributed by atoms with Crippen LogP contribution in [0.1, 0.15) is 22.3 Å². The number of rotatable bonds is 4. The van der Waals surface area contributed by atoms with Crippen molar-refractivity contribution in [1.82, 2.24) is 4.98 Å². The standard InChI is InChI=1S/C18H18FN/c1-4-5-16(10-15-8-6-13(2)7-9-15)17-11-20-12-18(19)14(17)3/h4-9,11-12H,1,10H2,2-3H3/b16-5-. The van der Waals surface area contributed by atoms with E-state index < -0.39 is 0 Å². The fourth-order valence-corrected chi connectivity index (χ4v) is 2.14. The van der Waals surface area contributed by atoms with Crippen molar-refractivity contribution in [3.05, 3.63) is 83.5 Å². The summed E-state index contributed by atoms with van der Waals surface area (Å²) in [5.41, 5.74) is 4.90. The van der Waals surface area contributed by atoms with Gasteiger partial charge in [-0.1, -0.05) is 48.6 Å². The Morgan fingerprint density at radius 3 is 2.55 bits per heavy atom. The summed E-state index contributed by atoms with van der Waals surface area (Å²) in [4.78, 5) is 3.95. The Hall–Kier alpha value is -2.22. The second kappa shape index (κ2) is 6.29. The van der Waals surface area contributed by atoms with E-state index in [1.807, 2.05) is 6.08 Å². The molecule has 1 aromatic carbocycles. The first-order valence-electron chi connectivity index (χ1n) is 6.59. The molecule has 0 saturated carbocycles. The number of allylic oxidation sites excluding steroid dienone is 3. The van der Waals surface area contributed by atoms with Gasteiger partial charge in [0.1, 0.15) is 5.82 Å². The highest BCUT2D eigenvalue weighted by molar-refractivity contribution is 5.70. The maximum absolute atomic E-state index is 13.7. The number of aryl methyl sites for hydroxylation is 1. The van der Waals surface area contributed by atoms with Crippen LogP contribution in [0.3, 0.4) is 0 Å². The van der Waals surface area contributed by atoms with Gasteiger partial charge in [-0.05, 0) is 37.0 Å². The van der Waals surface area contributed by atoms with Crippen LogP contribution in [0.15, 0.2) is 55.4 Å². The molecule has 0 amide bonds. The Labute approximate surface area is 119 Å². The largest absolute Gasteiger partial charge is 0.261 e. The van der Waals surface area contributed by atoms with Crippen molar-refractivity contribution in [3.8, 4) is 0 Å². The highest BCUT2D eigenvalue weighted by atomic mass is 19.1. The fraction of sp³-hybridized carbons (Fsp3) is 0.167. The third kappa shape index (κ3) is 3.21. The number of hydrogen-bond acceptors (Lipinski definition) is 1. The Bertz CT molecular complexity index is 639. The van der Waals surface area contributed by atoms with E-state index in [0.29, 0.717) is 5.56 Å². The Morgan fingerprint density at radius 2 is 1.90 bits per heavy atom. The summed E-state index contributed by atoms with van der Waals surface area (Å²) in [5, 5.41) is 0. The van der Waals surface area contributed by atoms with Crippen LogP contribution in [0.25, 0.3) is 5.57 Å². The van der Waals surface area contributed by atoms with Gasteiger partial charge >= 0.3 is 0 Å². The summed E-state index contributed by atoms with van der Waals surface area (Å²) in [5.74, 6) is -0.277. The minimum Gasteiger partial charge on any atom is -0.261 e. The van der Waals surface area contributed by atoms with Crippen LogP contribution in [0, 0.1) is 19.7 Å². The SMILES string of the molecule is C=C/C=C(/Cc1ccc(C)cc1)c1cncc(F)c1C. The van der Waals surface area contributed by atoms with Gasteiger partial charge < -0.3 is 0 Å². The third-order valence-electron chi connectivity index (χ3n) is 3.33. The molecule has 0 saturated heterocycles. The molecule has 1 aromatic heterocycles. The lowest BCUT2D eigenvalue weighted by Crippen LogP contribution is -1.97. The van der Waals surface area contributed by atoms with E-state index in [1.165, 1.54) is 17.3 Å². The molecule has 0 unspecified atom stereocenters. The predicted molar refractivity (Wildman–Crippen MR) is 82.0 cm³/mol. The van der Waals surface area contributed by atoms with Gasteiger partial charge in [-0.25, -0.2) is 4.39 Å². The normalized spacial score (nSPS) is 11.4. The Morgan fingerprint density at radius 1 is 1.20 bits per heavy atom. The van der Waals surface area contributed by atoms with Gasteiger partial charge in [0.2, 0.25) is 0 Å². The second-order valence-corrected chi connectivity index (χ2v) is 4.88. The van der Waals surface area contributed by atoms with E-state index in [0.717, 1.165) is 17.6 Å². The highest BCUT2D eigenvalue weighted by Gasteiger charge is 2.09. The first-order chi connectivity index (χ1) is 9.61. The summed E-state index contributed by atoms with van der Waals surface area (Å²) in [7, 11) is 0. The minimum absolute atomic E-state index is 0.277. The molecule has 0 radical (unpaired) electrons. The van der Waals surface area contributed by atoms with Crippen LogP contribution in [-0.4, -0.2) is 4.98 Å². The minimum atomic E-state index is -0.277. The predicted octanol–water partition coefficient (Wildman–Crippen LogP) is 4.65. The number of pyridine rings is 1. The molecule has 0 atom stereocenters. The van der Waals surface area contributed by atoms with E-state index >= 15 is 0 Å². The average Bonchev–Trinajstić information content (AvgIpc) is 2.44. The van der Waals surface area contributed by atoms with E-state index in [1.54, 1.807) is 19.2 Å². The molecule has 0 aliphatic carbocycles. The van der Waals surface area contributed by atoms with Gasteiger partial charge in [0, 0.05) is 11.8 Å². The van der Waals surface area contributed by atoms with E-state index in [9.17, 15) is 4.39 Å². The molecular weight excluding hydrogens is 249 g/mol. The Kier molecular flexibility index (Phi) is 4.46. The molecule has 102 valence electrons. The zero-order valence-electron chi connectivity index (χ0n) is 11.9. The lowest BCUT2D eigenvalue weighted by Gasteiger charge is -2.11. The molecule has 0 aliphatic heterocycles. The summed E-state index contributed by atoms with van der Waals surface area (Å²) in [6.07, 6.45) is 7.34. The smallest absolute Gasteiger partial charge is 0.144 e.